The Kier molecular flexibility index (Phi) is 3.63. The van der Waals surface area contributed by atoms with Crippen LogP contribution < -0.4 is 5.73 Å². The Bertz CT molecular complexity index is 506. The van der Waals surface area contributed by atoms with Gasteiger partial charge in [0.15, 0.2) is 0 Å². The average molecular weight is 275 g/mol. The van der Waals surface area contributed by atoms with Crippen molar-refractivity contribution >= 4 is 11.6 Å². The second kappa shape index (κ2) is 5.42. The molecule has 2 heterocycles. The van der Waals surface area contributed by atoms with Gasteiger partial charge in [-0.05, 0) is 12.5 Å². The number of hydrogen-bond acceptors (Lipinski definition) is 4. The van der Waals surface area contributed by atoms with Crippen molar-refractivity contribution in [1.29, 1.82) is 0 Å². The molecule has 1 amide bonds. The lowest BCUT2D eigenvalue weighted by molar-refractivity contribution is -0.130. The van der Waals surface area contributed by atoms with Gasteiger partial charge in [-0.2, -0.15) is 0 Å². The molecule has 2 unspecified atom stereocenters. The molecule has 2 saturated heterocycles. The van der Waals surface area contributed by atoms with Gasteiger partial charge in [-0.3, -0.25) is 9.69 Å². The van der Waals surface area contributed by atoms with Crippen LogP contribution in [-0.4, -0.2) is 53.0 Å². The zero-order valence-electron chi connectivity index (χ0n) is 11.5. The van der Waals surface area contributed by atoms with Crippen molar-refractivity contribution in [3.8, 4) is 0 Å². The Morgan fingerprint density at radius 1 is 1.35 bits per heavy atom. The van der Waals surface area contributed by atoms with Gasteiger partial charge in [0.1, 0.15) is 0 Å². The SMILES string of the molecule is Nc1ccccc1C(O)CN1CCN2C(=O)CCC2C1. The molecule has 3 N–H and O–H groups in total. The second-order valence-electron chi connectivity index (χ2n) is 5.68. The summed E-state index contributed by atoms with van der Waals surface area (Å²) in [5, 5.41) is 10.3. The quantitative estimate of drug-likeness (QED) is 0.793. The first-order valence-electron chi connectivity index (χ1n) is 7.19. The fraction of sp³-hybridized carbons (Fsp3) is 0.533. The number of piperazine rings is 1. The summed E-state index contributed by atoms with van der Waals surface area (Å²) >= 11 is 0. The third-order valence-corrected chi connectivity index (χ3v) is 4.36. The number of hydrogen-bond donors (Lipinski definition) is 2. The number of carbonyl (C=O) groups is 1. The molecule has 2 fully saturated rings. The van der Waals surface area contributed by atoms with E-state index in [2.05, 4.69) is 4.90 Å². The zero-order chi connectivity index (χ0) is 14.1. The van der Waals surface area contributed by atoms with E-state index in [1.54, 1.807) is 0 Å². The van der Waals surface area contributed by atoms with Crippen LogP contribution >= 0.6 is 0 Å². The van der Waals surface area contributed by atoms with Crippen molar-refractivity contribution in [1.82, 2.24) is 9.80 Å². The largest absolute Gasteiger partial charge is 0.398 e. The number of amides is 1. The number of para-hydroxylation sites is 1. The van der Waals surface area contributed by atoms with Gasteiger partial charge in [-0.1, -0.05) is 18.2 Å². The Balaban J connectivity index is 1.62. The van der Waals surface area contributed by atoms with Gasteiger partial charge < -0.3 is 15.7 Å². The van der Waals surface area contributed by atoms with Gasteiger partial charge >= 0.3 is 0 Å². The molecule has 0 spiro atoms. The molecule has 108 valence electrons. The monoisotopic (exact) mass is 275 g/mol. The zero-order valence-corrected chi connectivity index (χ0v) is 11.5. The number of fused-ring (bicyclic) bond motifs is 1. The van der Waals surface area contributed by atoms with Gasteiger partial charge in [0.05, 0.1) is 6.10 Å². The first-order valence-corrected chi connectivity index (χ1v) is 7.19. The molecular formula is C15H21N3O2. The van der Waals surface area contributed by atoms with Crippen LogP contribution in [0.3, 0.4) is 0 Å². The van der Waals surface area contributed by atoms with Gasteiger partial charge in [0, 0.05) is 49.9 Å². The summed E-state index contributed by atoms with van der Waals surface area (Å²) in [6.45, 7) is 3.04. The molecule has 5 heteroatoms. The predicted octanol–water partition coefficient (Wildman–Crippen LogP) is 0.609. The average Bonchev–Trinajstić information content (AvgIpc) is 2.80. The van der Waals surface area contributed by atoms with E-state index in [-0.39, 0.29) is 5.91 Å². The number of aliphatic hydroxyl groups is 1. The topological polar surface area (TPSA) is 69.8 Å². The standard InChI is InChI=1S/C15H21N3O2/c16-13-4-2-1-3-12(13)14(19)10-17-7-8-18-11(9-17)5-6-15(18)20/h1-4,11,14,19H,5-10,16H2. The number of nitrogen functional groups attached to an aromatic ring is 1. The lowest BCUT2D eigenvalue weighted by Gasteiger charge is -2.38. The van der Waals surface area contributed by atoms with Crippen molar-refractivity contribution in [3.05, 3.63) is 29.8 Å². The first kappa shape index (κ1) is 13.4. The van der Waals surface area contributed by atoms with Crippen molar-refractivity contribution in [2.75, 3.05) is 31.9 Å². The third-order valence-electron chi connectivity index (χ3n) is 4.36. The molecule has 0 aliphatic carbocycles. The van der Waals surface area contributed by atoms with Crippen LogP contribution in [0.15, 0.2) is 24.3 Å². The molecule has 1 aromatic carbocycles. The maximum Gasteiger partial charge on any atom is 0.222 e. The van der Waals surface area contributed by atoms with Crippen molar-refractivity contribution < 1.29 is 9.90 Å². The molecule has 0 radical (unpaired) electrons. The first-order chi connectivity index (χ1) is 9.65. The summed E-state index contributed by atoms with van der Waals surface area (Å²) < 4.78 is 0. The fourth-order valence-electron chi connectivity index (χ4n) is 3.25. The van der Waals surface area contributed by atoms with E-state index in [0.29, 0.717) is 24.7 Å². The Labute approximate surface area is 119 Å². The minimum Gasteiger partial charge on any atom is -0.398 e. The number of anilines is 1. The molecule has 2 aliphatic heterocycles. The predicted molar refractivity (Wildman–Crippen MR) is 77.0 cm³/mol. The van der Waals surface area contributed by atoms with Crippen molar-refractivity contribution in [2.24, 2.45) is 0 Å². The number of nitrogens with zero attached hydrogens (tertiary/aromatic N) is 2. The Morgan fingerprint density at radius 3 is 2.95 bits per heavy atom. The van der Waals surface area contributed by atoms with E-state index in [9.17, 15) is 9.90 Å². The highest BCUT2D eigenvalue weighted by Gasteiger charge is 2.35. The van der Waals surface area contributed by atoms with E-state index in [0.717, 1.165) is 31.6 Å². The molecule has 2 aliphatic rings. The number of benzene rings is 1. The second-order valence-corrected chi connectivity index (χ2v) is 5.68. The smallest absolute Gasteiger partial charge is 0.222 e. The molecule has 2 atom stereocenters. The number of rotatable bonds is 3. The minimum absolute atomic E-state index is 0.280. The van der Waals surface area contributed by atoms with Crippen LogP contribution in [0.1, 0.15) is 24.5 Å². The molecule has 0 aromatic heterocycles. The van der Waals surface area contributed by atoms with E-state index in [1.165, 1.54) is 0 Å². The highest BCUT2D eigenvalue weighted by molar-refractivity contribution is 5.78. The third kappa shape index (κ3) is 2.51. The molecule has 1 aromatic rings. The molecule has 0 bridgehead atoms. The maximum atomic E-state index is 11.6. The van der Waals surface area contributed by atoms with Gasteiger partial charge in [-0.15, -0.1) is 0 Å². The van der Waals surface area contributed by atoms with E-state index in [1.807, 2.05) is 29.2 Å². The Hall–Kier alpha value is -1.59. The van der Waals surface area contributed by atoms with E-state index < -0.39 is 6.10 Å². The fourth-order valence-corrected chi connectivity index (χ4v) is 3.25. The summed E-state index contributed by atoms with van der Waals surface area (Å²) in [7, 11) is 0. The van der Waals surface area contributed by atoms with Crippen LogP contribution in [0, 0.1) is 0 Å². The lowest BCUT2D eigenvalue weighted by atomic mass is 10.1. The number of nitrogens with two attached hydrogens (primary N) is 1. The van der Waals surface area contributed by atoms with Crippen LogP contribution in [0.25, 0.3) is 0 Å². The van der Waals surface area contributed by atoms with Crippen molar-refractivity contribution in [2.45, 2.75) is 25.0 Å². The summed E-state index contributed by atoms with van der Waals surface area (Å²) in [4.78, 5) is 15.9. The number of carbonyl (C=O) groups excluding carboxylic acids is 1. The molecule has 20 heavy (non-hydrogen) atoms. The molecule has 3 rings (SSSR count). The molecule has 0 saturated carbocycles. The summed E-state index contributed by atoms with van der Waals surface area (Å²) in [5.41, 5.74) is 7.32. The van der Waals surface area contributed by atoms with Gasteiger partial charge in [0.2, 0.25) is 5.91 Å². The summed E-state index contributed by atoms with van der Waals surface area (Å²) in [6, 6.07) is 7.77. The number of β-amino-alcohol motifs (C(OH)–C–C–N with tert-alkyl or cyclic N) is 1. The van der Waals surface area contributed by atoms with Crippen LogP contribution in [-0.2, 0) is 4.79 Å². The maximum absolute atomic E-state index is 11.6. The van der Waals surface area contributed by atoms with E-state index in [4.69, 9.17) is 5.73 Å². The normalized spacial score (nSPS) is 24.8. The van der Waals surface area contributed by atoms with Crippen LogP contribution in [0.5, 0.6) is 0 Å². The summed E-state index contributed by atoms with van der Waals surface area (Å²) in [5.74, 6) is 0.280. The summed E-state index contributed by atoms with van der Waals surface area (Å²) in [6.07, 6.45) is 1.05. The van der Waals surface area contributed by atoms with Crippen LogP contribution in [0.4, 0.5) is 5.69 Å². The van der Waals surface area contributed by atoms with Gasteiger partial charge in [-0.25, -0.2) is 0 Å². The minimum atomic E-state index is -0.570. The highest BCUT2D eigenvalue weighted by atomic mass is 16.3. The lowest BCUT2D eigenvalue weighted by Crippen LogP contribution is -2.52. The molecule has 5 nitrogen and oxygen atoms in total. The molecular weight excluding hydrogens is 254 g/mol. The number of aliphatic hydroxyl groups excluding tert-OH is 1. The van der Waals surface area contributed by atoms with Crippen molar-refractivity contribution in [3.63, 3.8) is 0 Å². The highest BCUT2D eigenvalue weighted by Crippen LogP contribution is 2.25. The van der Waals surface area contributed by atoms with E-state index >= 15 is 0 Å². The van der Waals surface area contributed by atoms with Crippen LogP contribution in [0.2, 0.25) is 0 Å². The Morgan fingerprint density at radius 2 is 2.15 bits per heavy atom. The van der Waals surface area contributed by atoms with Gasteiger partial charge in [0.25, 0.3) is 0 Å².